The molecular formula is C28H32N2O10. The Bertz CT molecular complexity index is 1500. The molecule has 4 rings (SSSR count). The van der Waals surface area contributed by atoms with Gasteiger partial charge < -0.3 is 37.7 Å². The number of nitrogens with one attached hydrogen (secondary N) is 2. The average molecular weight is 557 g/mol. The molecule has 0 fully saturated rings. The SMILES string of the molecule is CC(OC(=O)c1cc2occ(CCC(=O)OC(OC(=O)c3cc4occc4[nH]3)C(C)C)c2[nH]1)OC(=O)C(C)(C)C. The molecule has 4 aromatic heterocycles. The Labute approximate surface area is 229 Å². The highest BCUT2D eigenvalue weighted by Crippen LogP contribution is 2.25. The lowest BCUT2D eigenvalue weighted by Crippen LogP contribution is -2.29. The summed E-state index contributed by atoms with van der Waals surface area (Å²) in [5, 5.41) is 0. The summed E-state index contributed by atoms with van der Waals surface area (Å²) in [6.45, 7) is 10.0. The number of carbonyl (C=O) groups excluding carboxylic acids is 4. The van der Waals surface area contributed by atoms with Crippen molar-refractivity contribution in [3.63, 3.8) is 0 Å². The molecule has 0 amide bonds. The van der Waals surface area contributed by atoms with E-state index in [1.54, 1.807) is 40.7 Å². The van der Waals surface area contributed by atoms with E-state index in [0.29, 0.717) is 27.8 Å². The van der Waals surface area contributed by atoms with E-state index in [4.69, 9.17) is 27.8 Å². The smallest absolute Gasteiger partial charge is 0.357 e. The van der Waals surface area contributed by atoms with Crippen LogP contribution in [0.25, 0.3) is 22.2 Å². The third kappa shape index (κ3) is 6.56. The van der Waals surface area contributed by atoms with Gasteiger partial charge in [-0.15, -0.1) is 0 Å². The molecule has 0 radical (unpaired) electrons. The molecule has 2 N–H and O–H groups in total. The van der Waals surface area contributed by atoms with Crippen molar-refractivity contribution in [1.82, 2.24) is 9.97 Å². The first-order chi connectivity index (χ1) is 18.8. The minimum atomic E-state index is -1.10. The van der Waals surface area contributed by atoms with Crippen molar-refractivity contribution < 1.29 is 47.0 Å². The fourth-order valence-electron chi connectivity index (χ4n) is 3.67. The van der Waals surface area contributed by atoms with Gasteiger partial charge in [-0.1, -0.05) is 13.8 Å². The minimum absolute atomic E-state index is 0.0383. The van der Waals surface area contributed by atoms with Crippen molar-refractivity contribution in [2.45, 2.75) is 67.0 Å². The van der Waals surface area contributed by atoms with Crippen LogP contribution in [0.15, 0.2) is 39.6 Å². The van der Waals surface area contributed by atoms with E-state index in [0.717, 1.165) is 0 Å². The molecule has 4 aromatic rings. The molecule has 0 saturated heterocycles. The van der Waals surface area contributed by atoms with Gasteiger partial charge in [-0.2, -0.15) is 0 Å². The summed E-state index contributed by atoms with van der Waals surface area (Å²) in [7, 11) is 0. The summed E-state index contributed by atoms with van der Waals surface area (Å²) < 4.78 is 32.0. The van der Waals surface area contributed by atoms with Crippen LogP contribution in [-0.2, 0) is 35.0 Å². The zero-order valence-corrected chi connectivity index (χ0v) is 23.1. The van der Waals surface area contributed by atoms with E-state index < -0.39 is 41.9 Å². The van der Waals surface area contributed by atoms with E-state index in [-0.39, 0.29) is 30.1 Å². The first-order valence-electron chi connectivity index (χ1n) is 12.8. The number of aromatic nitrogens is 2. The van der Waals surface area contributed by atoms with Gasteiger partial charge in [-0.3, -0.25) is 9.59 Å². The number of ether oxygens (including phenoxy) is 4. The first kappa shape index (κ1) is 28.5. The molecule has 0 bridgehead atoms. The van der Waals surface area contributed by atoms with Gasteiger partial charge in [0.05, 0.1) is 29.0 Å². The van der Waals surface area contributed by atoms with Crippen LogP contribution in [0.5, 0.6) is 0 Å². The van der Waals surface area contributed by atoms with Crippen LogP contribution < -0.4 is 0 Å². The molecule has 12 heteroatoms. The molecule has 40 heavy (non-hydrogen) atoms. The number of H-pyrrole nitrogens is 2. The Balaban J connectivity index is 1.32. The predicted octanol–water partition coefficient (Wildman–Crippen LogP) is 5.24. The molecule has 0 aliphatic heterocycles. The van der Waals surface area contributed by atoms with Crippen LogP contribution in [0.2, 0.25) is 0 Å². The zero-order chi connectivity index (χ0) is 29.2. The maximum Gasteiger partial charge on any atom is 0.357 e. The number of aromatic amines is 2. The molecule has 214 valence electrons. The predicted molar refractivity (Wildman–Crippen MR) is 140 cm³/mol. The van der Waals surface area contributed by atoms with Crippen LogP contribution in [0.4, 0.5) is 0 Å². The molecule has 0 spiro atoms. The number of esters is 4. The average Bonchev–Trinajstić information content (AvgIpc) is 3.62. The van der Waals surface area contributed by atoms with Crippen LogP contribution in [-0.4, -0.2) is 46.4 Å². The van der Waals surface area contributed by atoms with Gasteiger partial charge in [0.2, 0.25) is 12.6 Å². The Hall–Kier alpha value is -4.48. The Kier molecular flexibility index (Phi) is 8.08. The van der Waals surface area contributed by atoms with E-state index in [9.17, 15) is 19.2 Å². The van der Waals surface area contributed by atoms with Crippen LogP contribution >= 0.6 is 0 Å². The molecular weight excluding hydrogens is 524 g/mol. The number of aryl methyl sites for hydroxylation is 1. The standard InChI is InChI=1S/C28H32N2O10/c1-14(2)26(40-25(33)18-11-20-17(29-18)9-10-35-20)39-22(31)8-7-16-13-36-21-12-19(30-23(16)21)24(32)37-15(3)38-27(34)28(4,5)6/h9-15,26,29-30H,7-8H2,1-6H3. The first-order valence-corrected chi connectivity index (χ1v) is 12.8. The van der Waals surface area contributed by atoms with Gasteiger partial charge in [0.1, 0.15) is 11.4 Å². The summed E-state index contributed by atoms with van der Waals surface area (Å²) in [5.74, 6) is -2.79. The quantitative estimate of drug-likeness (QED) is 0.195. The van der Waals surface area contributed by atoms with Crippen molar-refractivity contribution in [2.24, 2.45) is 11.3 Å². The lowest BCUT2D eigenvalue weighted by molar-refractivity contribution is -0.176. The van der Waals surface area contributed by atoms with Crippen LogP contribution in [0, 0.1) is 11.3 Å². The second-order valence-corrected chi connectivity index (χ2v) is 10.7. The second kappa shape index (κ2) is 11.3. The van der Waals surface area contributed by atoms with Crippen LogP contribution in [0.3, 0.4) is 0 Å². The highest BCUT2D eigenvalue weighted by molar-refractivity contribution is 5.94. The summed E-state index contributed by atoms with van der Waals surface area (Å²) in [4.78, 5) is 55.5. The second-order valence-electron chi connectivity index (χ2n) is 10.7. The molecule has 0 aliphatic rings. The molecule has 12 nitrogen and oxygen atoms in total. The van der Waals surface area contributed by atoms with Gasteiger partial charge in [0, 0.05) is 43.0 Å². The number of rotatable bonds is 10. The van der Waals surface area contributed by atoms with Crippen LogP contribution in [0.1, 0.15) is 74.5 Å². The number of hydrogen-bond donors (Lipinski definition) is 2. The van der Waals surface area contributed by atoms with Crippen molar-refractivity contribution >= 4 is 46.1 Å². The van der Waals surface area contributed by atoms with Gasteiger partial charge >= 0.3 is 23.9 Å². The van der Waals surface area contributed by atoms with Crippen molar-refractivity contribution in [1.29, 1.82) is 0 Å². The molecule has 0 aromatic carbocycles. The van der Waals surface area contributed by atoms with Gasteiger partial charge in [-0.25, -0.2) is 9.59 Å². The highest BCUT2D eigenvalue weighted by Gasteiger charge is 2.28. The fourth-order valence-corrected chi connectivity index (χ4v) is 3.67. The highest BCUT2D eigenvalue weighted by atomic mass is 16.7. The number of hydrogen-bond acceptors (Lipinski definition) is 10. The normalized spacial score (nSPS) is 13.4. The van der Waals surface area contributed by atoms with Gasteiger partial charge in [0.25, 0.3) is 0 Å². The number of carbonyl (C=O) groups is 4. The number of furan rings is 2. The van der Waals surface area contributed by atoms with Crippen molar-refractivity contribution in [2.75, 3.05) is 0 Å². The fraction of sp³-hybridized carbons (Fsp3) is 0.429. The topological polar surface area (TPSA) is 163 Å². The monoisotopic (exact) mass is 556 g/mol. The third-order valence-electron chi connectivity index (χ3n) is 5.88. The Morgan fingerprint density at radius 1 is 0.875 bits per heavy atom. The summed E-state index contributed by atoms with van der Waals surface area (Å²) in [6, 6.07) is 4.66. The Morgan fingerprint density at radius 3 is 2.23 bits per heavy atom. The lowest BCUT2D eigenvalue weighted by Gasteiger charge is -2.21. The molecule has 4 heterocycles. The Morgan fingerprint density at radius 2 is 1.55 bits per heavy atom. The lowest BCUT2D eigenvalue weighted by atomic mass is 9.97. The van der Waals surface area contributed by atoms with E-state index in [1.165, 1.54) is 31.6 Å². The largest absolute Gasteiger partial charge is 0.463 e. The van der Waals surface area contributed by atoms with Crippen molar-refractivity contribution in [3.05, 3.63) is 47.7 Å². The van der Waals surface area contributed by atoms with E-state index in [1.807, 2.05) is 0 Å². The molecule has 0 aliphatic carbocycles. The van der Waals surface area contributed by atoms with Gasteiger partial charge in [-0.05, 0) is 27.2 Å². The zero-order valence-electron chi connectivity index (χ0n) is 23.1. The van der Waals surface area contributed by atoms with Gasteiger partial charge in [0.15, 0.2) is 11.2 Å². The van der Waals surface area contributed by atoms with Crippen molar-refractivity contribution in [3.8, 4) is 0 Å². The summed E-state index contributed by atoms with van der Waals surface area (Å²) >= 11 is 0. The van der Waals surface area contributed by atoms with E-state index >= 15 is 0 Å². The molecule has 2 atom stereocenters. The maximum atomic E-state index is 12.6. The third-order valence-corrected chi connectivity index (χ3v) is 5.88. The van der Waals surface area contributed by atoms with E-state index in [2.05, 4.69) is 9.97 Å². The summed E-state index contributed by atoms with van der Waals surface area (Å²) in [5.41, 5.74) is 2.23. The minimum Gasteiger partial charge on any atom is -0.463 e. The number of fused-ring (bicyclic) bond motifs is 2. The molecule has 0 saturated carbocycles. The summed E-state index contributed by atoms with van der Waals surface area (Å²) in [6.07, 6.45) is 0.971. The molecule has 2 unspecified atom stereocenters. The maximum absolute atomic E-state index is 12.6.